The summed E-state index contributed by atoms with van der Waals surface area (Å²) in [5.74, 6) is -0.778. The van der Waals surface area contributed by atoms with Crippen LogP contribution in [0.15, 0.2) is 6.07 Å². The molecule has 0 aliphatic carbocycles. The molecule has 1 heterocycles. The summed E-state index contributed by atoms with van der Waals surface area (Å²) in [6.07, 6.45) is -8.93. The van der Waals surface area contributed by atoms with Crippen LogP contribution in [0.1, 0.15) is 17.7 Å². The summed E-state index contributed by atoms with van der Waals surface area (Å²) >= 11 is 0. The molecule has 94 valence electrons. The Bertz CT molecular complexity index is 460. The monoisotopic (exact) mass is 257 g/mol. The second-order valence-electron chi connectivity index (χ2n) is 2.88. The van der Waals surface area contributed by atoms with Crippen molar-refractivity contribution in [1.29, 1.82) is 0 Å². The summed E-state index contributed by atoms with van der Waals surface area (Å²) in [5, 5.41) is 10.4. The van der Waals surface area contributed by atoms with Gasteiger partial charge in [0.1, 0.15) is 11.5 Å². The largest absolute Gasteiger partial charge is 0.425 e. The van der Waals surface area contributed by atoms with Crippen LogP contribution in [0, 0.1) is 10.1 Å². The van der Waals surface area contributed by atoms with Crippen molar-refractivity contribution in [2.75, 3.05) is 5.73 Å². The first-order chi connectivity index (χ1) is 7.64. The van der Waals surface area contributed by atoms with E-state index in [1.165, 1.54) is 0 Å². The van der Waals surface area contributed by atoms with E-state index < -0.39 is 40.3 Å². The van der Waals surface area contributed by atoms with E-state index in [1.807, 2.05) is 0 Å². The maximum atomic E-state index is 12.4. The minimum atomic E-state index is -5.31. The molecule has 1 aromatic heterocycles. The van der Waals surface area contributed by atoms with E-state index in [1.54, 1.807) is 0 Å². The molecule has 0 atom stereocenters. The highest BCUT2D eigenvalue weighted by molar-refractivity contribution is 5.52. The molecule has 1 rings (SSSR count). The van der Waals surface area contributed by atoms with Crippen LogP contribution in [0.4, 0.5) is 33.5 Å². The fourth-order valence-corrected chi connectivity index (χ4v) is 1.16. The Hall–Kier alpha value is -2.00. The van der Waals surface area contributed by atoms with Crippen LogP contribution in [-0.2, 0) is 6.18 Å². The van der Waals surface area contributed by atoms with Gasteiger partial charge in [0.2, 0.25) is 0 Å². The molecule has 0 aliphatic heterocycles. The summed E-state index contributed by atoms with van der Waals surface area (Å²) < 4.78 is 62.0. The molecule has 0 aromatic carbocycles. The van der Waals surface area contributed by atoms with Gasteiger partial charge >= 0.3 is 6.18 Å². The predicted octanol–water partition coefficient (Wildman–Crippen LogP) is 2.53. The highest BCUT2D eigenvalue weighted by Gasteiger charge is 2.44. The van der Waals surface area contributed by atoms with E-state index in [9.17, 15) is 32.1 Å². The quantitative estimate of drug-likeness (QED) is 0.501. The topological polar surface area (TPSA) is 82.0 Å². The Morgan fingerprint density at radius 2 is 1.94 bits per heavy atom. The second kappa shape index (κ2) is 4.11. The molecule has 1 aromatic rings. The smallest absolute Gasteiger partial charge is 0.383 e. The summed E-state index contributed by atoms with van der Waals surface area (Å²) in [4.78, 5) is 11.7. The number of rotatable bonds is 2. The summed E-state index contributed by atoms with van der Waals surface area (Å²) in [6.45, 7) is 0. The van der Waals surface area contributed by atoms with Crippen LogP contribution in [0.3, 0.4) is 0 Å². The number of nitrogens with zero attached hydrogens (tertiary/aromatic N) is 2. The fraction of sp³-hybridized carbons (Fsp3) is 0.286. The molecule has 17 heavy (non-hydrogen) atoms. The third-order valence-electron chi connectivity index (χ3n) is 1.73. The lowest BCUT2D eigenvalue weighted by atomic mass is 10.1. The van der Waals surface area contributed by atoms with Crippen molar-refractivity contribution >= 4 is 11.5 Å². The van der Waals surface area contributed by atoms with Crippen LogP contribution < -0.4 is 5.73 Å². The maximum Gasteiger partial charge on any atom is 0.425 e. The zero-order valence-corrected chi connectivity index (χ0v) is 7.83. The van der Waals surface area contributed by atoms with Crippen LogP contribution in [-0.4, -0.2) is 9.91 Å². The number of nitrogens with two attached hydrogens (primary N) is 1. The Morgan fingerprint density at radius 1 is 1.41 bits per heavy atom. The van der Waals surface area contributed by atoms with Crippen molar-refractivity contribution < 1.29 is 26.9 Å². The standard InChI is InChI=1S/C7H4F5N3O2/c8-6(9)5-4(7(10,11)12)2(15(16)17)1-3(13)14-5/h1,6H,(H2,13,14). The van der Waals surface area contributed by atoms with Gasteiger partial charge in [-0.25, -0.2) is 13.8 Å². The molecule has 0 saturated heterocycles. The molecular weight excluding hydrogens is 253 g/mol. The highest BCUT2D eigenvalue weighted by Crippen LogP contribution is 2.41. The Morgan fingerprint density at radius 3 is 2.29 bits per heavy atom. The van der Waals surface area contributed by atoms with Crippen LogP contribution in [0.2, 0.25) is 0 Å². The Labute approximate surface area is 90.2 Å². The van der Waals surface area contributed by atoms with Gasteiger partial charge in [-0.3, -0.25) is 10.1 Å². The molecule has 0 saturated carbocycles. The van der Waals surface area contributed by atoms with E-state index in [2.05, 4.69) is 4.98 Å². The first-order valence-electron chi connectivity index (χ1n) is 3.94. The normalized spacial score (nSPS) is 11.9. The minimum Gasteiger partial charge on any atom is -0.383 e. The average molecular weight is 257 g/mol. The zero-order chi connectivity index (χ0) is 13.4. The van der Waals surface area contributed by atoms with Crippen molar-refractivity contribution in [3.05, 3.63) is 27.4 Å². The van der Waals surface area contributed by atoms with Crippen LogP contribution >= 0.6 is 0 Å². The lowest BCUT2D eigenvalue weighted by Crippen LogP contribution is -2.15. The summed E-state index contributed by atoms with van der Waals surface area (Å²) in [6, 6.07) is 0.286. The van der Waals surface area contributed by atoms with E-state index in [-0.39, 0.29) is 6.07 Å². The lowest BCUT2D eigenvalue weighted by Gasteiger charge is -2.12. The number of halogens is 5. The number of pyridine rings is 1. The third kappa shape index (κ3) is 2.57. The Balaban J connectivity index is 3.66. The molecule has 2 N–H and O–H groups in total. The summed E-state index contributed by atoms with van der Waals surface area (Å²) in [5.41, 5.74) is -0.434. The Kier molecular flexibility index (Phi) is 3.16. The van der Waals surface area contributed by atoms with Gasteiger partial charge in [0.25, 0.3) is 12.1 Å². The van der Waals surface area contributed by atoms with Gasteiger partial charge in [0.05, 0.1) is 11.0 Å². The molecular formula is C7H4F5N3O2. The molecule has 0 radical (unpaired) electrons. The molecule has 10 heteroatoms. The van der Waals surface area contributed by atoms with Gasteiger partial charge in [0, 0.05) is 0 Å². The molecule has 0 amide bonds. The molecule has 0 spiro atoms. The number of alkyl halides is 5. The van der Waals surface area contributed by atoms with E-state index in [0.717, 1.165) is 0 Å². The third-order valence-corrected chi connectivity index (χ3v) is 1.73. The minimum absolute atomic E-state index is 0.286. The average Bonchev–Trinajstić information content (AvgIpc) is 2.14. The molecule has 0 bridgehead atoms. The van der Waals surface area contributed by atoms with Gasteiger partial charge in [-0.05, 0) is 0 Å². The van der Waals surface area contributed by atoms with Crippen molar-refractivity contribution in [3.63, 3.8) is 0 Å². The first-order valence-corrected chi connectivity index (χ1v) is 3.94. The number of hydrogen-bond acceptors (Lipinski definition) is 4. The van der Waals surface area contributed by atoms with Crippen molar-refractivity contribution in [3.8, 4) is 0 Å². The van der Waals surface area contributed by atoms with Gasteiger partial charge < -0.3 is 5.73 Å². The number of anilines is 1. The number of nitrogen functional groups attached to an aromatic ring is 1. The second-order valence-corrected chi connectivity index (χ2v) is 2.88. The van der Waals surface area contributed by atoms with E-state index in [0.29, 0.717) is 0 Å². The summed E-state index contributed by atoms with van der Waals surface area (Å²) in [7, 11) is 0. The van der Waals surface area contributed by atoms with Crippen LogP contribution in [0.25, 0.3) is 0 Å². The molecule has 5 nitrogen and oxygen atoms in total. The van der Waals surface area contributed by atoms with E-state index >= 15 is 0 Å². The zero-order valence-electron chi connectivity index (χ0n) is 7.83. The SMILES string of the molecule is Nc1cc([N+](=O)[O-])c(C(F)(F)F)c(C(F)F)n1. The molecule has 0 aliphatic rings. The number of nitro groups is 1. The van der Waals surface area contributed by atoms with Crippen molar-refractivity contribution in [2.24, 2.45) is 0 Å². The molecule has 0 unspecified atom stereocenters. The van der Waals surface area contributed by atoms with Gasteiger partial charge in [0.15, 0.2) is 5.56 Å². The van der Waals surface area contributed by atoms with E-state index in [4.69, 9.17) is 5.73 Å². The predicted molar refractivity (Wildman–Crippen MR) is 45.3 cm³/mol. The lowest BCUT2D eigenvalue weighted by molar-refractivity contribution is -0.388. The highest BCUT2D eigenvalue weighted by atomic mass is 19.4. The first kappa shape index (κ1) is 13.1. The van der Waals surface area contributed by atoms with Crippen molar-refractivity contribution in [2.45, 2.75) is 12.6 Å². The fourth-order valence-electron chi connectivity index (χ4n) is 1.16. The van der Waals surface area contributed by atoms with Crippen molar-refractivity contribution in [1.82, 2.24) is 4.98 Å². The van der Waals surface area contributed by atoms with Gasteiger partial charge in [-0.1, -0.05) is 0 Å². The number of aromatic nitrogens is 1. The van der Waals surface area contributed by atoms with Crippen LogP contribution in [0.5, 0.6) is 0 Å². The maximum absolute atomic E-state index is 12.4. The molecule has 0 fully saturated rings. The number of hydrogen-bond donors (Lipinski definition) is 1. The van der Waals surface area contributed by atoms with Gasteiger partial charge in [-0.2, -0.15) is 13.2 Å². The van der Waals surface area contributed by atoms with Gasteiger partial charge in [-0.15, -0.1) is 0 Å².